The zero-order valence-corrected chi connectivity index (χ0v) is 31.9. The van der Waals surface area contributed by atoms with Gasteiger partial charge in [0.1, 0.15) is 23.6 Å². The Morgan fingerprint density at radius 3 is 1.87 bits per heavy atom. The highest BCUT2D eigenvalue weighted by Gasteiger charge is 2.43. The van der Waals surface area contributed by atoms with Gasteiger partial charge in [0.05, 0.1) is 24.2 Å². The second-order valence-electron chi connectivity index (χ2n) is 14.9. The Bertz CT molecular complexity index is 982. The van der Waals surface area contributed by atoms with Gasteiger partial charge in [-0.25, -0.2) is 4.79 Å². The van der Waals surface area contributed by atoms with E-state index in [4.69, 9.17) is 18.9 Å². The molecule has 9 nitrogen and oxygen atoms in total. The summed E-state index contributed by atoms with van der Waals surface area (Å²) in [5.74, 6) is -0.0142. The van der Waals surface area contributed by atoms with Gasteiger partial charge in [0, 0.05) is 31.6 Å². The number of hydrogen-bond acceptors (Lipinski definition) is 8. The Hall–Kier alpha value is -2.10. The molecule has 0 fully saturated rings. The van der Waals surface area contributed by atoms with Gasteiger partial charge in [-0.3, -0.25) is 14.4 Å². The largest absolute Gasteiger partial charge is 0.460 e. The molecule has 1 amide bonds. The number of nitrogens with one attached hydrogen (secondary N) is 1. The molecule has 0 rings (SSSR count). The number of hydrogen-bond donors (Lipinski definition) is 1. The molecule has 0 aliphatic rings. The van der Waals surface area contributed by atoms with Gasteiger partial charge in [0.25, 0.3) is 5.91 Å². The maximum atomic E-state index is 13.2. The second-order valence-corrected chi connectivity index (χ2v) is 14.9. The average molecular weight is 668 g/mol. The van der Waals surface area contributed by atoms with E-state index in [1.54, 1.807) is 20.8 Å². The fourth-order valence-electron chi connectivity index (χ4n) is 4.75. The van der Waals surface area contributed by atoms with Crippen LogP contribution in [-0.4, -0.2) is 73.2 Å². The van der Waals surface area contributed by atoms with Crippen molar-refractivity contribution in [3.05, 3.63) is 12.2 Å². The predicted octanol–water partition coefficient (Wildman–Crippen LogP) is 7.72. The van der Waals surface area contributed by atoms with Crippen molar-refractivity contribution in [3.8, 4) is 0 Å². The van der Waals surface area contributed by atoms with Crippen molar-refractivity contribution in [2.45, 2.75) is 164 Å². The Balaban J connectivity index is 4.41. The van der Waals surface area contributed by atoms with Crippen LogP contribution in [0, 0.1) is 11.3 Å². The minimum Gasteiger partial charge on any atom is -0.460 e. The molecule has 1 N–H and O–H groups in total. The van der Waals surface area contributed by atoms with Gasteiger partial charge in [0.2, 0.25) is 0 Å². The first kappa shape index (κ1) is 44.9. The minimum atomic E-state index is -1.03. The second kappa shape index (κ2) is 21.8. The standard InChI is InChI=1S/C38H69NO8/c1-13-15-21-30(14-2)28-47-36(7,8)32(41)23-18-20-26-46-38(11,12)35(5,6)31(40)22-17-16-19-25-45-37(9,10)34(43)39-24-27-44-33(42)29(3)4/h30H,3,13-28H2,1-2,4-12H3,(H,39,43). The van der Waals surface area contributed by atoms with Gasteiger partial charge < -0.3 is 24.3 Å². The van der Waals surface area contributed by atoms with Crippen molar-refractivity contribution in [1.82, 2.24) is 5.32 Å². The fraction of sp³-hybridized carbons (Fsp3) is 0.842. The number of unbranched alkanes of at least 4 members (excludes halogenated alkanes) is 4. The molecule has 0 saturated heterocycles. The van der Waals surface area contributed by atoms with E-state index in [1.807, 2.05) is 41.5 Å². The number of esters is 1. The summed E-state index contributed by atoms with van der Waals surface area (Å²) in [6, 6.07) is 0. The van der Waals surface area contributed by atoms with E-state index in [0.717, 1.165) is 38.5 Å². The molecule has 0 aliphatic heterocycles. The molecule has 0 aromatic carbocycles. The van der Waals surface area contributed by atoms with Gasteiger partial charge in [-0.2, -0.15) is 0 Å². The molecule has 1 unspecified atom stereocenters. The molecular formula is C38H69NO8. The molecule has 0 bridgehead atoms. The summed E-state index contributed by atoms with van der Waals surface area (Å²) in [6.07, 6.45) is 9.14. The molecule has 274 valence electrons. The van der Waals surface area contributed by atoms with E-state index in [2.05, 4.69) is 25.7 Å². The molecule has 0 saturated carbocycles. The minimum absolute atomic E-state index is 0.0635. The van der Waals surface area contributed by atoms with Crippen LogP contribution < -0.4 is 5.32 Å². The van der Waals surface area contributed by atoms with Crippen LogP contribution >= 0.6 is 0 Å². The highest BCUT2D eigenvalue weighted by atomic mass is 16.5. The summed E-state index contributed by atoms with van der Waals surface area (Å²) in [6.45, 7) is 26.1. The zero-order valence-electron chi connectivity index (χ0n) is 31.9. The van der Waals surface area contributed by atoms with Gasteiger partial charge in [-0.05, 0) is 86.5 Å². The highest BCUT2D eigenvalue weighted by Crippen LogP contribution is 2.36. The van der Waals surface area contributed by atoms with Crippen LogP contribution in [0.1, 0.15) is 147 Å². The predicted molar refractivity (Wildman–Crippen MR) is 188 cm³/mol. The molecule has 9 heteroatoms. The lowest BCUT2D eigenvalue weighted by Crippen LogP contribution is -2.47. The average Bonchev–Trinajstić information content (AvgIpc) is 2.99. The topological polar surface area (TPSA) is 117 Å². The lowest BCUT2D eigenvalue weighted by Gasteiger charge is -2.40. The van der Waals surface area contributed by atoms with Gasteiger partial charge in [0.15, 0.2) is 5.78 Å². The van der Waals surface area contributed by atoms with Crippen LogP contribution in [0.4, 0.5) is 0 Å². The Kier molecular flexibility index (Phi) is 20.8. The summed E-state index contributed by atoms with van der Waals surface area (Å²) in [5, 5.41) is 2.71. The number of amides is 1. The number of carbonyl (C=O) groups excluding carboxylic acids is 4. The first-order valence-corrected chi connectivity index (χ1v) is 17.8. The summed E-state index contributed by atoms with van der Waals surface area (Å²) in [4.78, 5) is 50.0. The van der Waals surface area contributed by atoms with Gasteiger partial charge in [-0.15, -0.1) is 0 Å². The van der Waals surface area contributed by atoms with Crippen molar-refractivity contribution in [1.29, 1.82) is 0 Å². The molecule has 0 aromatic heterocycles. The third kappa shape index (κ3) is 17.2. The van der Waals surface area contributed by atoms with E-state index >= 15 is 0 Å². The lowest BCUT2D eigenvalue weighted by molar-refractivity contribution is -0.149. The van der Waals surface area contributed by atoms with Crippen LogP contribution in [0.3, 0.4) is 0 Å². The first-order valence-electron chi connectivity index (χ1n) is 17.8. The van der Waals surface area contributed by atoms with Crippen molar-refractivity contribution < 1.29 is 38.1 Å². The van der Waals surface area contributed by atoms with Crippen LogP contribution in [0.2, 0.25) is 0 Å². The van der Waals surface area contributed by atoms with E-state index in [0.29, 0.717) is 50.6 Å². The summed E-state index contributed by atoms with van der Waals surface area (Å²) >= 11 is 0. The lowest BCUT2D eigenvalue weighted by atomic mass is 9.72. The molecule has 0 aliphatic carbocycles. The molecule has 47 heavy (non-hydrogen) atoms. The first-order chi connectivity index (χ1) is 21.7. The molecular weight excluding hydrogens is 598 g/mol. The number of ether oxygens (including phenoxy) is 4. The Labute approximate surface area is 286 Å². The van der Waals surface area contributed by atoms with E-state index in [-0.39, 0.29) is 30.6 Å². The van der Waals surface area contributed by atoms with Crippen molar-refractivity contribution in [2.75, 3.05) is 33.0 Å². The third-order valence-corrected chi connectivity index (χ3v) is 9.39. The van der Waals surface area contributed by atoms with Gasteiger partial charge in [-0.1, -0.05) is 60.0 Å². The van der Waals surface area contributed by atoms with Crippen LogP contribution in [0.25, 0.3) is 0 Å². The number of rotatable bonds is 28. The molecule has 1 atom stereocenters. The Morgan fingerprint density at radius 1 is 0.702 bits per heavy atom. The van der Waals surface area contributed by atoms with E-state index < -0.39 is 28.2 Å². The normalized spacial score (nSPS) is 13.3. The summed E-state index contributed by atoms with van der Waals surface area (Å²) in [5.41, 5.74) is -2.84. The summed E-state index contributed by atoms with van der Waals surface area (Å²) < 4.78 is 23.1. The van der Waals surface area contributed by atoms with E-state index in [1.165, 1.54) is 12.8 Å². The van der Waals surface area contributed by atoms with Gasteiger partial charge >= 0.3 is 5.97 Å². The smallest absolute Gasteiger partial charge is 0.333 e. The Morgan fingerprint density at radius 2 is 1.28 bits per heavy atom. The molecule has 0 spiro atoms. The third-order valence-electron chi connectivity index (χ3n) is 9.39. The van der Waals surface area contributed by atoms with Crippen LogP contribution in [0.5, 0.6) is 0 Å². The number of ketones is 2. The SMILES string of the molecule is C=C(C)C(=O)OCCNC(=O)C(C)(C)OCCCCCC(=O)C(C)(C)C(C)(C)OCCCCC(=O)C(C)(C)OCC(CC)CCCC. The van der Waals surface area contributed by atoms with E-state index in [9.17, 15) is 19.2 Å². The maximum Gasteiger partial charge on any atom is 0.333 e. The summed E-state index contributed by atoms with van der Waals surface area (Å²) in [7, 11) is 0. The number of carbonyl (C=O) groups is 4. The monoisotopic (exact) mass is 668 g/mol. The maximum absolute atomic E-state index is 13.2. The van der Waals surface area contributed by atoms with Crippen molar-refractivity contribution in [2.24, 2.45) is 11.3 Å². The van der Waals surface area contributed by atoms with Crippen molar-refractivity contribution >= 4 is 23.4 Å². The quantitative estimate of drug-likeness (QED) is 0.0512. The molecule has 0 aromatic rings. The van der Waals surface area contributed by atoms with Crippen LogP contribution in [-0.2, 0) is 38.1 Å². The number of Topliss-reactive ketones (excluding diaryl/α,β-unsaturated/α-hetero) is 2. The molecule has 0 heterocycles. The highest BCUT2D eigenvalue weighted by molar-refractivity contribution is 5.87. The zero-order chi connectivity index (χ0) is 36.3. The fourth-order valence-corrected chi connectivity index (χ4v) is 4.75. The van der Waals surface area contributed by atoms with Crippen molar-refractivity contribution in [3.63, 3.8) is 0 Å². The van der Waals surface area contributed by atoms with Crippen LogP contribution in [0.15, 0.2) is 12.2 Å². The molecule has 0 radical (unpaired) electrons.